The maximum Gasteiger partial charge on any atom is 0.295 e. The standard InChI is InChI=1S/C23H24N2O3/c1-15-7-9-17(10-8-15)21(26)19-20(16-11-13-24-14-12-16)25(23(28)22(19)27)18-5-3-2-4-6-18/h7-14,18,20,26H,2-6H2,1H3/b21-19-. The number of aliphatic hydroxyl groups excluding tert-OH is 1. The van der Waals surface area contributed by atoms with Crippen LogP contribution in [0.3, 0.4) is 0 Å². The fraction of sp³-hybridized carbons (Fsp3) is 0.348. The van der Waals surface area contributed by atoms with Crippen molar-refractivity contribution in [3.05, 3.63) is 71.1 Å². The molecule has 1 aliphatic carbocycles. The molecule has 0 bridgehead atoms. The lowest BCUT2D eigenvalue weighted by Crippen LogP contribution is -2.40. The van der Waals surface area contributed by atoms with Crippen molar-refractivity contribution in [1.82, 2.24) is 9.88 Å². The molecule has 1 unspecified atom stereocenters. The van der Waals surface area contributed by atoms with Gasteiger partial charge in [0.25, 0.3) is 11.7 Å². The zero-order valence-electron chi connectivity index (χ0n) is 16.0. The predicted octanol–water partition coefficient (Wildman–Crippen LogP) is 4.14. The summed E-state index contributed by atoms with van der Waals surface area (Å²) in [7, 11) is 0. The second-order valence-electron chi connectivity index (χ2n) is 7.64. The first-order chi connectivity index (χ1) is 13.6. The van der Waals surface area contributed by atoms with E-state index >= 15 is 0 Å². The fourth-order valence-corrected chi connectivity index (χ4v) is 4.33. The third kappa shape index (κ3) is 3.21. The summed E-state index contributed by atoms with van der Waals surface area (Å²) in [6.07, 6.45) is 8.34. The number of carbonyl (C=O) groups excluding carboxylic acids is 2. The molecule has 1 atom stereocenters. The van der Waals surface area contributed by atoms with E-state index in [2.05, 4.69) is 4.98 Å². The van der Waals surface area contributed by atoms with Crippen molar-refractivity contribution in [2.45, 2.75) is 51.1 Å². The molecule has 4 rings (SSSR count). The maximum absolute atomic E-state index is 13.0. The second kappa shape index (κ2) is 7.58. The Bertz CT molecular complexity index is 913. The molecule has 5 nitrogen and oxygen atoms in total. The number of hydrogen-bond donors (Lipinski definition) is 1. The van der Waals surface area contributed by atoms with Crippen LogP contribution in [0.1, 0.15) is 54.8 Å². The van der Waals surface area contributed by atoms with Gasteiger partial charge in [-0.2, -0.15) is 0 Å². The molecular formula is C23H24N2O3. The molecule has 1 saturated carbocycles. The molecule has 144 valence electrons. The summed E-state index contributed by atoms with van der Waals surface area (Å²) in [5.74, 6) is -1.23. The SMILES string of the molecule is Cc1ccc(/C(O)=C2/C(=O)C(=O)N(C3CCCCC3)C2c2ccncc2)cc1. The molecule has 2 aromatic rings. The van der Waals surface area contributed by atoms with Crippen LogP contribution in [-0.4, -0.2) is 32.7 Å². The highest BCUT2D eigenvalue weighted by molar-refractivity contribution is 6.46. The quantitative estimate of drug-likeness (QED) is 0.496. The van der Waals surface area contributed by atoms with Gasteiger partial charge < -0.3 is 10.0 Å². The first-order valence-electron chi connectivity index (χ1n) is 9.85. The number of hydrogen-bond acceptors (Lipinski definition) is 4. The molecule has 1 aliphatic heterocycles. The van der Waals surface area contributed by atoms with E-state index in [1.54, 1.807) is 29.4 Å². The van der Waals surface area contributed by atoms with Crippen molar-refractivity contribution < 1.29 is 14.7 Å². The molecule has 1 aromatic carbocycles. The second-order valence-corrected chi connectivity index (χ2v) is 7.64. The number of ketones is 1. The van der Waals surface area contributed by atoms with Crippen molar-refractivity contribution in [3.8, 4) is 0 Å². The van der Waals surface area contributed by atoms with Crippen LogP contribution in [0, 0.1) is 6.92 Å². The molecule has 0 radical (unpaired) electrons. The summed E-state index contributed by atoms with van der Waals surface area (Å²) in [6.45, 7) is 1.96. The summed E-state index contributed by atoms with van der Waals surface area (Å²) < 4.78 is 0. The Balaban J connectivity index is 1.85. The van der Waals surface area contributed by atoms with Crippen LogP contribution in [-0.2, 0) is 9.59 Å². The van der Waals surface area contributed by atoms with Gasteiger partial charge in [-0.15, -0.1) is 0 Å². The largest absolute Gasteiger partial charge is 0.507 e. The molecular weight excluding hydrogens is 352 g/mol. The number of likely N-dealkylation sites (tertiary alicyclic amines) is 1. The molecule has 28 heavy (non-hydrogen) atoms. The molecule has 2 fully saturated rings. The number of carbonyl (C=O) groups is 2. The van der Waals surface area contributed by atoms with E-state index in [0.717, 1.165) is 43.2 Å². The van der Waals surface area contributed by atoms with Gasteiger partial charge in [0.05, 0.1) is 11.6 Å². The Kier molecular flexibility index (Phi) is 4.99. The van der Waals surface area contributed by atoms with E-state index in [4.69, 9.17) is 0 Å². The monoisotopic (exact) mass is 376 g/mol. The van der Waals surface area contributed by atoms with E-state index in [1.165, 1.54) is 0 Å². The van der Waals surface area contributed by atoms with Crippen molar-refractivity contribution in [2.75, 3.05) is 0 Å². The number of aromatic nitrogens is 1. The van der Waals surface area contributed by atoms with Crippen LogP contribution in [0.4, 0.5) is 0 Å². The van der Waals surface area contributed by atoms with Gasteiger partial charge in [0.15, 0.2) is 0 Å². The number of pyridine rings is 1. The van der Waals surface area contributed by atoms with E-state index in [0.29, 0.717) is 5.56 Å². The van der Waals surface area contributed by atoms with Gasteiger partial charge in [-0.1, -0.05) is 49.1 Å². The van der Waals surface area contributed by atoms with Gasteiger partial charge in [-0.05, 0) is 37.5 Å². The Hall–Kier alpha value is -2.95. The van der Waals surface area contributed by atoms with Gasteiger partial charge in [-0.3, -0.25) is 14.6 Å². The van der Waals surface area contributed by atoms with Gasteiger partial charge >= 0.3 is 0 Å². The fourth-order valence-electron chi connectivity index (χ4n) is 4.33. The van der Waals surface area contributed by atoms with Crippen LogP contribution in [0.5, 0.6) is 0 Å². The first kappa shape index (κ1) is 18.4. The molecule has 2 aliphatic rings. The predicted molar refractivity (Wildman–Crippen MR) is 106 cm³/mol. The average Bonchev–Trinajstić information content (AvgIpc) is 3.00. The number of aryl methyl sites for hydroxylation is 1. The van der Waals surface area contributed by atoms with E-state index in [9.17, 15) is 14.7 Å². The van der Waals surface area contributed by atoms with E-state index < -0.39 is 17.7 Å². The molecule has 1 amide bonds. The average molecular weight is 376 g/mol. The lowest BCUT2D eigenvalue weighted by molar-refractivity contribution is -0.141. The zero-order valence-corrected chi connectivity index (χ0v) is 16.0. The Morgan fingerprint density at radius 3 is 2.29 bits per heavy atom. The Labute approximate surface area is 164 Å². The van der Waals surface area contributed by atoms with Crippen LogP contribution in [0.15, 0.2) is 54.4 Å². The number of amides is 1. The minimum Gasteiger partial charge on any atom is -0.507 e. The van der Waals surface area contributed by atoms with Crippen molar-refractivity contribution in [1.29, 1.82) is 0 Å². The summed E-state index contributed by atoms with van der Waals surface area (Å²) >= 11 is 0. The normalized spacial score (nSPS) is 22.6. The minimum atomic E-state index is -0.606. The zero-order chi connectivity index (χ0) is 19.7. The molecule has 5 heteroatoms. The van der Waals surface area contributed by atoms with Crippen LogP contribution >= 0.6 is 0 Å². The number of nitrogens with zero attached hydrogens (tertiary/aromatic N) is 2. The van der Waals surface area contributed by atoms with Gasteiger partial charge in [0.2, 0.25) is 0 Å². The smallest absolute Gasteiger partial charge is 0.295 e. The lowest BCUT2D eigenvalue weighted by atomic mass is 9.91. The number of benzene rings is 1. The van der Waals surface area contributed by atoms with Gasteiger partial charge in [-0.25, -0.2) is 0 Å². The molecule has 1 aromatic heterocycles. The van der Waals surface area contributed by atoms with Crippen molar-refractivity contribution >= 4 is 17.4 Å². The van der Waals surface area contributed by atoms with E-state index in [1.807, 2.05) is 31.2 Å². The minimum absolute atomic E-state index is 0.0201. The summed E-state index contributed by atoms with van der Waals surface area (Å²) in [5.41, 5.74) is 2.58. The highest BCUT2D eigenvalue weighted by atomic mass is 16.3. The highest BCUT2D eigenvalue weighted by Gasteiger charge is 2.48. The Morgan fingerprint density at radius 2 is 1.64 bits per heavy atom. The van der Waals surface area contributed by atoms with Crippen LogP contribution < -0.4 is 0 Å². The van der Waals surface area contributed by atoms with Gasteiger partial charge in [0, 0.05) is 24.0 Å². The number of aliphatic hydroxyl groups is 1. The third-order valence-electron chi connectivity index (χ3n) is 5.80. The topological polar surface area (TPSA) is 70.5 Å². The van der Waals surface area contributed by atoms with Crippen molar-refractivity contribution in [2.24, 2.45) is 0 Å². The number of Topliss-reactive ketones (excluding diaryl/α,β-unsaturated/α-hetero) is 1. The maximum atomic E-state index is 13.0. The molecule has 1 N–H and O–H groups in total. The summed E-state index contributed by atoms with van der Waals surface area (Å²) in [4.78, 5) is 31.8. The Morgan fingerprint density at radius 1 is 1.00 bits per heavy atom. The van der Waals surface area contributed by atoms with Crippen molar-refractivity contribution in [3.63, 3.8) is 0 Å². The third-order valence-corrected chi connectivity index (χ3v) is 5.80. The summed E-state index contributed by atoms with van der Waals surface area (Å²) in [6, 6.07) is 10.4. The van der Waals surface area contributed by atoms with E-state index in [-0.39, 0.29) is 17.4 Å². The molecule has 1 saturated heterocycles. The highest BCUT2D eigenvalue weighted by Crippen LogP contribution is 2.42. The number of rotatable bonds is 3. The lowest BCUT2D eigenvalue weighted by Gasteiger charge is -2.35. The first-order valence-corrected chi connectivity index (χ1v) is 9.85. The van der Waals surface area contributed by atoms with Gasteiger partial charge in [0.1, 0.15) is 5.76 Å². The van der Waals surface area contributed by atoms with Crippen LogP contribution in [0.25, 0.3) is 5.76 Å². The molecule has 0 spiro atoms. The summed E-state index contributed by atoms with van der Waals surface area (Å²) in [5, 5.41) is 11.0. The van der Waals surface area contributed by atoms with Crippen LogP contribution in [0.2, 0.25) is 0 Å². The molecule has 2 heterocycles.